The Balaban J connectivity index is 2.14. The summed E-state index contributed by atoms with van der Waals surface area (Å²) in [7, 11) is 0. The molecule has 0 fully saturated rings. The van der Waals surface area contributed by atoms with Gasteiger partial charge >= 0.3 is 0 Å². The van der Waals surface area contributed by atoms with Crippen LogP contribution in [0.5, 0.6) is 11.5 Å². The van der Waals surface area contributed by atoms with E-state index in [1.807, 2.05) is 51.1 Å². The first-order valence-corrected chi connectivity index (χ1v) is 7.91. The fourth-order valence-electron chi connectivity index (χ4n) is 2.30. The van der Waals surface area contributed by atoms with Gasteiger partial charge in [0.25, 0.3) is 5.91 Å². The minimum absolute atomic E-state index is 0.0641. The summed E-state index contributed by atoms with van der Waals surface area (Å²) < 4.78 is 11.1. The second-order valence-electron chi connectivity index (χ2n) is 5.13. The number of rotatable bonds is 7. The van der Waals surface area contributed by atoms with Crippen LogP contribution in [-0.4, -0.2) is 19.1 Å². The molecular weight excluding hydrogens is 290 g/mol. The smallest absolute Gasteiger partial charge is 0.251 e. The highest BCUT2D eigenvalue weighted by Gasteiger charge is 2.14. The van der Waals surface area contributed by atoms with Gasteiger partial charge in [-0.2, -0.15) is 0 Å². The monoisotopic (exact) mass is 313 g/mol. The molecule has 0 aromatic heterocycles. The van der Waals surface area contributed by atoms with Crippen molar-refractivity contribution < 1.29 is 14.3 Å². The zero-order valence-electron chi connectivity index (χ0n) is 13.8. The fourth-order valence-corrected chi connectivity index (χ4v) is 2.30. The van der Waals surface area contributed by atoms with Crippen LogP contribution in [0.2, 0.25) is 0 Å². The predicted molar refractivity (Wildman–Crippen MR) is 91.1 cm³/mol. The van der Waals surface area contributed by atoms with Gasteiger partial charge in [0, 0.05) is 5.56 Å². The van der Waals surface area contributed by atoms with Gasteiger partial charge in [-0.1, -0.05) is 30.3 Å². The van der Waals surface area contributed by atoms with Crippen LogP contribution in [0.15, 0.2) is 48.5 Å². The van der Waals surface area contributed by atoms with Gasteiger partial charge in [0.05, 0.1) is 19.3 Å². The van der Waals surface area contributed by atoms with Crippen molar-refractivity contribution in [2.24, 2.45) is 0 Å². The molecule has 1 unspecified atom stereocenters. The lowest BCUT2D eigenvalue weighted by Gasteiger charge is -2.16. The van der Waals surface area contributed by atoms with Crippen molar-refractivity contribution in [1.29, 1.82) is 0 Å². The summed E-state index contributed by atoms with van der Waals surface area (Å²) in [6.45, 7) is 6.85. The summed E-state index contributed by atoms with van der Waals surface area (Å²) in [5.74, 6) is 1.11. The van der Waals surface area contributed by atoms with Crippen LogP contribution in [0, 0.1) is 0 Å². The SMILES string of the molecule is CCOc1ccc(C(=O)NC(C)c2ccccc2)cc1OCC. The molecule has 0 aliphatic carbocycles. The van der Waals surface area contributed by atoms with Crippen molar-refractivity contribution in [2.75, 3.05) is 13.2 Å². The van der Waals surface area contributed by atoms with Crippen LogP contribution in [0.25, 0.3) is 0 Å². The molecule has 0 heterocycles. The molecule has 1 N–H and O–H groups in total. The summed E-state index contributed by atoms with van der Waals surface area (Å²) in [5.41, 5.74) is 1.62. The molecule has 0 bridgehead atoms. The molecule has 1 atom stereocenters. The number of hydrogen-bond acceptors (Lipinski definition) is 3. The van der Waals surface area contributed by atoms with Crippen molar-refractivity contribution in [3.63, 3.8) is 0 Å². The van der Waals surface area contributed by atoms with Gasteiger partial charge in [0.15, 0.2) is 11.5 Å². The molecule has 122 valence electrons. The largest absolute Gasteiger partial charge is 0.490 e. The topological polar surface area (TPSA) is 47.6 Å². The quantitative estimate of drug-likeness (QED) is 0.841. The third-order valence-corrected chi connectivity index (χ3v) is 3.45. The highest BCUT2D eigenvalue weighted by atomic mass is 16.5. The Morgan fingerprint density at radius 3 is 2.30 bits per heavy atom. The van der Waals surface area contributed by atoms with E-state index in [0.29, 0.717) is 30.3 Å². The van der Waals surface area contributed by atoms with Crippen LogP contribution >= 0.6 is 0 Å². The summed E-state index contributed by atoms with van der Waals surface area (Å²) in [6.07, 6.45) is 0. The third kappa shape index (κ3) is 4.49. The zero-order valence-corrected chi connectivity index (χ0v) is 13.8. The third-order valence-electron chi connectivity index (χ3n) is 3.45. The molecule has 23 heavy (non-hydrogen) atoms. The minimum Gasteiger partial charge on any atom is -0.490 e. The molecule has 2 rings (SSSR count). The maximum atomic E-state index is 12.4. The summed E-state index contributed by atoms with van der Waals surface area (Å²) >= 11 is 0. The molecule has 0 aliphatic heterocycles. The lowest BCUT2D eigenvalue weighted by atomic mass is 10.1. The molecule has 0 spiro atoms. The van der Waals surface area contributed by atoms with Crippen molar-refractivity contribution in [3.05, 3.63) is 59.7 Å². The van der Waals surface area contributed by atoms with Gasteiger partial charge in [0.2, 0.25) is 0 Å². The molecule has 0 saturated heterocycles. The van der Waals surface area contributed by atoms with Crippen molar-refractivity contribution >= 4 is 5.91 Å². The highest BCUT2D eigenvalue weighted by molar-refractivity contribution is 5.95. The Labute approximate surface area is 137 Å². The minimum atomic E-state index is -0.134. The van der Waals surface area contributed by atoms with Gasteiger partial charge < -0.3 is 14.8 Å². The first kappa shape index (κ1) is 16.9. The van der Waals surface area contributed by atoms with E-state index in [4.69, 9.17) is 9.47 Å². The van der Waals surface area contributed by atoms with E-state index >= 15 is 0 Å². The van der Waals surface area contributed by atoms with Gasteiger partial charge in [-0.15, -0.1) is 0 Å². The van der Waals surface area contributed by atoms with Crippen molar-refractivity contribution in [1.82, 2.24) is 5.32 Å². The molecule has 2 aromatic carbocycles. The maximum absolute atomic E-state index is 12.4. The maximum Gasteiger partial charge on any atom is 0.251 e. The van der Waals surface area contributed by atoms with Gasteiger partial charge in [-0.3, -0.25) is 4.79 Å². The number of nitrogens with one attached hydrogen (secondary N) is 1. The zero-order chi connectivity index (χ0) is 16.7. The summed E-state index contributed by atoms with van der Waals surface area (Å²) in [4.78, 5) is 12.4. The molecule has 4 heteroatoms. The second kappa shape index (κ2) is 8.22. The Kier molecular flexibility index (Phi) is 6.03. The van der Waals surface area contributed by atoms with Crippen molar-refractivity contribution in [2.45, 2.75) is 26.8 Å². The standard InChI is InChI=1S/C19H23NO3/c1-4-22-17-12-11-16(13-18(17)23-5-2)19(21)20-14(3)15-9-7-6-8-10-15/h6-14H,4-5H2,1-3H3,(H,20,21). The van der Waals surface area contributed by atoms with E-state index in [1.165, 1.54) is 0 Å². The Bertz CT molecular complexity index is 640. The Morgan fingerprint density at radius 1 is 1.00 bits per heavy atom. The lowest BCUT2D eigenvalue weighted by Crippen LogP contribution is -2.26. The van der Waals surface area contributed by atoms with Crippen molar-refractivity contribution in [3.8, 4) is 11.5 Å². The number of ether oxygens (including phenoxy) is 2. The first-order valence-electron chi connectivity index (χ1n) is 7.91. The van der Waals surface area contributed by atoms with E-state index in [-0.39, 0.29) is 11.9 Å². The molecule has 0 aliphatic rings. The van der Waals surface area contributed by atoms with Crippen LogP contribution in [-0.2, 0) is 0 Å². The van der Waals surface area contributed by atoms with E-state index in [2.05, 4.69) is 5.32 Å². The normalized spacial score (nSPS) is 11.6. The number of amides is 1. The van der Waals surface area contributed by atoms with Gasteiger partial charge in [-0.05, 0) is 44.5 Å². The molecule has 2 aromatic rings. The average Bonchev–Trinajstić information content (AvgIpc) is 2.57. The summed E-state index contributed by atoms with van der Waals surface area (Å²) in [5, 5.41) is 3.00. The highest BCUT2D eigenvalue weighted by Crippen LogP contribution is 2.28. The molecule has 4 nitrogen and oxygen atoms in total. The van der Waals surface area contributed by atoms with Gasteiger partial charge in [-0.25, -0.2) is 0 Å². The van der Waals surface area contributed by atoms with Crippen LogP contribution in [0.4, 0.5) is 0 Å². The second-order valence-corrected chi connectivity index (χ2v) is 5.13. The van der Waals surface area contributed by atoms with E-state index in [1.54, 1.807) is 18.2 Å². The number of carbonyl (C=O) groups excluding carboxylic acids is 1. The molecular formula is C19H23NO3. The lowest BCUT2D eigenvalue weighted by molar-refractivity contribution is 0.0939. The Morgan fingerprint density at radius 2 is 1.65 bits per heavy atom. The molecule has 0 saturated carbocycles. The Hall–Kier alpha value is -2.49. The van der Waals surface area contributed by atoms with Gasteiger partial charge in [0.1, 0.15) is 0 Å². The number of benzene rings is 2. The summed E-state index contributed by atoms with van der Waals surface area (Å²) in [6, 6.07) is 15.1. The molecule has 1 amide bonds. The van der Waals surface area contributed by atoms with E-state index < -0.39 is 0 Å². The fraction of sp³-hybridized carbons (Fsp3) is 0.316. The predicted octanol–water partition coefficient (Wildman–Crippen LogP) is 3.98. The van der Waals surface area contributed by atoms with Crippen LogP contribution in [0.3, 0.4) is 0 Å². The van der Waals surface area contributed by atoms with Crippen LogP contribution in [0.1, 0.15) is 42.7 Å². The average molecular weight is 313 g/mol. The van der Waals surface area contributed by atoms with E-state index in [9.17, 15) is 4.79 Å². The number of carbonyl (C=O) groups is 1. The number of hydrogen-bond donors (Lipinski definition) is 1. The van der Waals surface area contributed by atoms with E-state index in [0.717, 1.165) is 5.56 Å². The van der Waals surface area contributed by atoms with Crippen LogP contribution < -0.4 is 14.8 Å². The molecule has 0 radical (unpaired) electrons. The first-order chi connectivity index (χ1) is 11.2.